The molecule has 1 atom stereocenters. The summed E-state index contributed by atoms with van der Waals surface area (Å²) in [5, 5.41) is 12.8. The molecule has 1 aromatic carbocycles. The molecule has 3 aromatic rings. The van der Waals surface area contributed by atoms with Gasteiger partial charge in [-0.3, -0.25) is 4.79 Å². The summed E-state index contributed by atoms with van der Waals surface area (Å²) < 4.78 is 0. The van der Waals surface area contributed by atoms with E-state index in [4.69, 9.17) is 0 Å². The summed E-state index contributed by atoms with van der Waals surface area (Å²) in [4.78, 5) is 22.5. The molecule has 0 aliphatic heterocycles. The lowest BCUT2D eigenvalue weighted by molar-refractivity contribution is 0.253. The van der Waals surface area contributed by atoms with Crippen LogP contribution in [0.5, 0.6) is 0 Å². The van der Waals surface area contributed by atoms with E-state index < -0.39 is 0 Å². The van der Waals surface area contributed by atoms with Crippen molar-refractivity contribution in [2.45, 2.75) is 17.5 Å². The summed E-state index contributed by atoms with van der Waals surface area (Å²) in [6, 6.07) is 10.0. The molecule has 2 aromatic heterocycles. The predicted molar refractivity (Wildman–Crippen MR) is 91.6 cm³/mol. The van der Waals surface area contributed by atoms with Gasteiger partial charge in [0, 0.05) is 35.0 Å². The van der Waals surface area contributed by atoms with E-state index in [1.165, 1.54) is 11.2 Å². The SMILES string of the molecule is O=c1[nH]cnc2c(CN[C@@H](CO)CSc3ccccc3)c[nH]c12. The number of fused-ring (bicyclic) bond motifs is 1. The number of rotatable bonds is 7. The van der Waals surface area contributed by atoms with Gasteiger partial charge >= 0.3 is 0 Å². The van der Waals surface area contributed by atoms with Crippen LogP contribution in [0.1, 0.15) is 5.56 Å². The predicted octanol–water partition coefficient (Wildman–Crippen LogP) is 1.49. The first-order valence-electron chi connectivity index (χ1n) is 7.33. The van der Waals surface area contributed by atoms with Gasteiger partial charge in [0.05, 0.1) is 18.5 Å². The Labute approximate surface area is 137 Å². The van der Waals surface area contributed by atoms with Crippen molar-refractivity contribution in [3.05, 3.63) is 58.8 Å². The van der Waals surface area contributed by atoms with Crippen LogP contribution in [0.15, 0.2) is 52.5 Å². The minimum absolute atomic E-state index is 0.0350. The first-order chi connectivity index (χ1) is 11.3. The molecule has 0 aliphatic carbocycles. The highest BCUT2D eigenvalue weighted by Crippen LogP contribution is 2.18. The quantitative estimate of drug-likeness (QED) is 0.493. The minimum Gasteiger partial charge on any atom is -0.395 e. The monoisotopic (exact) mass is 330 g/mol. The van der Waals surface area contributed by atoms with Gasteiger partial charge in [-0.1, -0.05) is 18.2 Å². The lowest BCUT2D eigenvalue weighted by Crippen LogP contribution is -2.34. The lowest BCUT2D eigenvalue weighted by atomic mass is 10.2. The van der Waals surface area contributed by atoms with Gasteiger partial charge in [0.2, 0.25) is 0 Å². The number of thioether (sulfide) groups is 1. The number of aliphatic hydroxyl groups excluding tert-OH is 1. The van der Waals surface area contributed by atoms with Crippen molar-refractivity contribution in [1.82, 2.24) is 20.3 Å². The van der Waals surface area contributed by atoms with Crippen LogP contribution < -0.4 is 10.9 Å². The van der Waals surface area contributed by atoms with Crippen LogP contribution >= 0.6 is 11.8 Å². The molecule has 2 heterocycles. The molecule has 7 heteroatoms. The Morgan fingerprint density at radius 1 is 1.26 bits per heavy atom. The molecule has 6 nitrogen and oxygen atoms in total. The van der Waals surface area contributed by atoms with Crippen molar-refractivity contribution < 1.29 is 5.11 Å². The number of aromatic amines is 2. The maximum absolute atomic E-state index is 11.7. The Hall–Kier alpha value is -2.09. The van der Waals surface area contributed by atoms with Gasteiger partial charge in [-0.05, 0) is 12.1 Å². The fourth-order valence-corrected chi connectivity index (χ4v) is 3.25. The van der Waals surface area contributed by atoms with Crippen molar-refractivity contribution in [1.29, 1.82) is 0 Å². The summed E-state index contributed by atoms with van der Waals surface area (Å²) >= 11 is 1.70. The molecular formula is C16H18N4O2S. The second kappa shape index (κ2) is 7.45. The lowest BCUT2D eigenvalue weighted by Gasteiger charge is -2.15. The number of nitrogens with one attached hydrogen (secondary N) is 3. The van der Waals surface area contributed by atoms with E-state index in [1.807, 2.05) is 18.2 Å². The summed E-state index contributed by atoms with van der Waals surface area (Å²) in [7, 11) is 0. The van der Waals surface area contributed by atoms with Crippen molar-refractivity contribution >= 4 is 22.8 Å². The number of aromatic nitrogens is 3. The molecule has 0 radical (unpaired) electrons. The summed E-state index contributed by atoms with van der Waals surface area (Å²) in [6.45, 7) is 0.591. The highest BCUT2D eigenvalue weighted by atomic mass is 32.2. The Kier molecular flexibility index (Phi) is 5.12. The van der Waals surface area contributed by atoms with E-state index >= 15 is 0 Å². The molecule has 0 saturated heterocycles. The fraction of sp³-hybridized carbons (Fsp3) is 0.250. The molecule has 0 unspecified atom stereocenters. The van der Waals surface area contributed by atoms with Crippen LogP contribution in [0.2, 0.25) is 0 Å². The number of nitrogens with zero attached hydrogens (tertiary/aromatic N) is 1. The van der Waals surface area contributed by atoms with Crippen molar-refractivity contribution in [3.8, 4) is 0 Å². The second-order valence-corrected chi connectivity index (χ2v) is 6.25. The molecule has 0 saturated carbocycles. The molecule has 0 fully saturated rings. The summed E-state index contributed by atoms with van der Waals surface area (Å²) in [5.41, 5.74) is 1.87. The topological polar surface area (TPSA) is 93.8 Å². The zero-order valence-corrected chi connectivity index (χ0v) is 13.3. The number of aliphatic hydroxyl groups is 1. The number of hydrogen-bond donors (Lipinski definition) is 4. The largest absolute Gasteiger partial charge is 0.395 e. The van der Waals surface area contributed by atoms with Crippen LogP contribution in [-0.4, -0.2) is 38.5 Å². The van der Waals surface area contributed by atoms with E-state index in [9.17, 15) is 9.90 Å². The zero-order chi connectivity index (χ0) is 16.1. The third-order valence-corrected chi connectivity index (χ3v) is 4.72. The molecule has 0 spiro atoms. The highest BCUT2D eigenvalue weighted by molar-refractivity contribution is 7.99. The molecular weight excluding hydrogens is 312 g/mol. The van der Waals surface area contributed by atoms with E-state index in [-0.39, 0.29) is 18.2 Å². The highest BCUT2D eigenvalue weighted by Gasteiger charge is 2.11. The molecule has 0 aliphatic rings. The average molecular weight is 330 g/mol. The second-order valence-electron chi connectivity index (χ2n) is 5.15. The van der Waals surface area contributed by atoms with Gasteiger partial charge in [0.15, 0.2) is 0 Å². The van der Waals surface area contributed by atoms with Gasteiger partial charge in [0.1, 0.15) is 5.52 Å². The van der Waals surface area contributed by atoms with Crippen LogP contribution in [-0.2, 0) is 6.54 Å². The fourth-order valence-electron chi connectivity index (χ4n) is 2.28. The summed E-state index contributed by atoms with van der Waals surface area (Å²) in [5.74, 6) is 0.761. The van der Waals surface area contributed by atoms with Crippen molar-refractivity contribution in [3.63, 3.8) is 0 Å². The molecule has 120 valence electrons. The maximum Gasteiger partial charge on any atom is 0.275 e. The van der Waals surface area contributed by atoms with Gasteiger partial charge in [0.25, 0.3) is 5.56 Å². The van der Waals surface area contributed by atoms with Crippen molar-refractivity contribution in [2.75, 3.05) is 12.4 Å². The van der Waals surface area contributed by atoms with E-state index in [0.717, 1.165) is 11.3 Å². The Balaban J connectivity index is 1.61. The van der Waals surface area contributed by atoms with Crippen LogP contribution in [0.25, 0.3) is 11.0 Å². The van der Waals surface area contributed by atoms with Gasteiger partial charge in [-0.2, -0.15) is 0 Å². The normalized spacial score (nSPS) is 12.6. The van der Waals surface area contributed by atoms with Crippen LogP contribution in [0.3, 0.4) is 0 Å². The van der Waals surface area contributed by atoms with E-state index in [2.05, 4.69) is 32.4 Å². The third-order valence-electron chi connectivity index (χ3n) is 3.54. The number of hydrogen-bond acceptors (Lipinski definition) is 5. The number of benzene rings is 1. The van der Waals surface area contributed by atoms with Gasteiger partial charge < -0.3 is 20.4 Å². The van der Waals surface area contributed by atoms with E-state index in [1.54, 1.807) is 18.0 Å². The first-order valence-corrected chi connectivity index (χ1v) is 8.32. The molecule has 23 heavy (non-hydrogen) atoms. The Bertz CT molecular complexity index is 816. The van der Waals surface area contributed by atoms with Gasteiger partial charge in [-0.25, -0.2) is 4.98 Å². The van der Waals surface area contributed by atoms with Gasteiger partial charge in [-0.15, -0.1) is 11.8 Å². The Morgan fingerprint density at radius 3 is 2.87 bits per heavy atom. The average Bonchev–Trinajstić information content (AvgIpc) is 3.01. The van der Waals surface area contributed by atoms with Crippen LogP contribution in [0, 0.1) is 0 Å². The number of H-pyrrole nitrogens is 2. The first kappa shape index (κ1) is 15.8. The maximum atomic E-state index is 11.7. The molecule has 4 N–H and O–H groups in total. The molecule has 0 bridgehead atoms. The van der Waals surface area contributed by atoms with Crippen LogP contribution in [0.4, 0.5) is 0 Å². The summed E-state index contributed by atoms with van der Waals surface area (Å²) in [6.07, 6.45) is 3.18. The molecule has 3 rings (SSSR count). The minimum atomic E-state index is -0.181. The smallest absolute Gasteiger partial charge is 0.275 e. The Morgan fingerprint density at radius 2 is 2.09 bits per heavy atom. The van der Waals surface area contributed by atoms with E-state index in [0.29, 0.717) is 17.6 Å². The standard InChI is InChI=1S/C16H18N4O2S/c21-8-12(9-23-13-4-2-1-3-5-13)17-6-11-7-18-15-14(11)19-10-20-16(15)22/h1-5,7,10,12,17-18,21H,6,8-9H2,(H,19,20,22)/t12-/m0/s1. The third kappa shape index (κ3) is 3.82. The van der Waals surface area contributed by atoms with Crippen molar-refractivity contribution in [2.24, 2.45) is 0 Å². The zero-order valence-electron chi connectivity index (χ0n) is 12.5. The molecule has 0 amide bonds.